The predicted octanol–water partition coefficient (Wildman–Crippen LogP) is 3.61. The molecule has 32 heavy (non-hydrogen) atoms. The van der Waals surface area contributed by atoms with Crippen molar-refractivity contribution in [3.05, 3.63) is 34.4 Å². The summed E-state index contributed by atoms with van der Waals surface area (Å²) in [6.07, 6.45) is 5.35. The molecule has 1 unspecified atom stereocenters. The van der Waals surface area contributed by atoms with Gasteiger partial charge in [-0.2, -0.15) is 8.78 Å². The Morgan fingerprint density at radius 1 is 1.38 bits per heavy atom. The molecule has 0 radical (unpaired) electrons. The molecule has 2 aromatic heterocycles. The van der Waals surface area contributed by atoms with Crippen molar-refractivity contribution in [2.75, 3.05) is 17.7 Å². The van der Waals surface area contributed by atoms with E-state index in [0.717, 1.165) is 36.2 Å². The Morgan fingerprint density at radius 2 is 2.22 bits per heavy atom. The zero-order chi connectivity index (χ0) is 22.3. The van der Waals surface area contributed by atoms with Gasteiger partial charge in [-0.15, -0.1) is 11.3 Å². The molecule has 12 heteroatoms. The number of aliphatic imine (C=N–C) groups is 1. The first kappa shape index (κ1) is 21.5. The predicted molar refractivity (Wildman–Crippen MR) is 117 cm³/mol. The minimum atomic E-state index is -2.95. The number of halogens is 2. The van der Waals surface area contributed by atoms with Gasteiger partial charge in [0.1, 0.15) is 27.8 Å². The van der Waals surface area contributed by atoms with Crippen LogP contribution in [0.25, 0.3) is 0 Å². The van der Waals surface area contributed by atoms with E-state index in [1.165, 1.54) is 29.9 Å². The zero-order valence-electron chi connectivity index (χ0n) is 16.9. The molecule has 1 spiro atoms. The van der Waals surface area contributed by atoms with E-state index >= 15 is 0 Å². The zero-order valence-corrected chi connectivity index (χ0v) is 18.6. The Hall–Kier alpha value is -2.31. The highest BCUT2D eigenvalue weighted by Gasteiger charge is 2.56. The van der Waals surface area contributed by atoms with Gasteiger partial charge in [0.05, 0.1) is 18.4 Å². The van der Waals surface area contributed by atoms with Gasteiger partial charge in [0, 0.05) is 17.1 Å². The summed E-state index contributed by atoms with van der Waals surface area (Å²) in [4.78, 5) is 25.8. The summed E-state index contributed by atoms with van der Waals surface area (Å²) in [5, 5.41) is 5.72. The first-order valence-electron chi connectivity index (χ1n) is 10.2. The van der Waals surface area contributed by atoms with Crippen molar-refractivity contribution in [3.63, 3.8) is 0 Å². The number of hydrogen-bond donors (Lipinski definition) is 2. The summed E-state index contributed by atoms with van der Waals surface area (Å²) < 4.78 is 35.1. The van der Waals surface area contributed by atoms with Crippen LogP contribution in [0.4, 0.5) is 14.6 Å². The minimum absolute atomic E-state index is 0.0312. The molecule has 8 nitrogen and oxygen atoms in total. The number of amidine groups is 1. The highest BCUT2D eigenvalue weighted by Crippen LogP contribution is 2.54. The quantitative estimate of drug-likeness (QED) is 0.671. The number of carbonyl (C=O) groups excluding carboxylic acids is 1. The molecule has 170 valence electrons. The summed E-state index contributed by atoms with van der Waals surface area (Å²) in [5.74, 6) is 0.861. The van der Waals surface area contributed by atoms with E-state index in [2.05, 4.69) is 20.0 Å². The lowest BCUT2D eigenvalue weighted by Crippen LogP contribution is -2.57. The average Bonchev–Trinajstić information content (AvgIpc) is 3.21. The number of aromatic nitrogens is 2. The van der Waals surface area contributed by atoms with Crippen molar-refractivity contribution >= 4 is 40.0 Å². The number of pyridine rings is 1. The standard InChI is InChI=1S/C20H21F2N5O3S2/c21-17(22)30-12-2-3-13(24-7-12)15(28)25-14-9-31-16(26-14)20-10-29-19(4-1-5-19)6-11(20)8-32-18(23)27-20/h2-3,7,9,11,17H,1,4-6,8,10H2,(H2,23,27)(H,25,28)/t11-,20?/m1/s1. The van der Waals surface area contributed by atoms with E-state index < -0.39 is 18.1 Å². The van der Waals surface area contributed by atoms with Gasteiger partial charge >= 0.3 is 6.61 Å². The van der Waals surface area contributed by atoms with Crippen LogP contribution in [0.15, 0.2) is 28.7 Å². The molecule has 2 aliphatic heterocycles. The van der Waals surface area contributed by atoms with E-state index in [4.69, 9.17) is 15.5 Å². The van der Waals surface area contributed by atoms with Crippen LogP contribution in [0.5, 0.6) is 5.75 Å². The van der Waals surface area contributed by atoms with Crippen LogP contribution < -0.4 is 15.8 Å². The number of alkyl halides is 2. The summed E-state index contributed by atoms with van der Waals surface area (Å²) in [7, 11) is 0. The molecule has 1 saturated heterocycles. The maximum atomic E-state index is 12.5. The van der Waals surface area contributed by atoms with Crippen LogP contribution in [0.3, 0.4) is 0 Å². The number of fused-ring (bicyclic) bond motifs is 1. The van der Waals surface area contributed by atoms with Gasteiger partial charge in [0.2, 0.25) is 0 Å². The molecule has 2 atom stereocenters. The molecule has 0 aromatic carbocycles. The maximum Gasteiger partial charge on any atom is 0.387 e. The summed E-state index contributed by atoms with van der Waals surface area (Å²) in [6, 6.07) is 2.57. The molecule has 1 aliphatic carbocycles. The van der Waals surface area contributed by atoms with E-state index in [0.29, 0.717) is 17.6 Å². The lowest BCUT2D eigenvalue weighted by molar-refractivity contribution is -0.169. The first-order chi connectivity index (χ1) is 15.4. The number of anilines is 1. The topological polar surface area (TPSA) is 112 Å². The fourth-order valence-corrected chi connectivity index (χ4v) is 6.35. The number of thiazole rings is 1. The van der Waals surface area contributed by atoms with Crippen molar-refractivity contribution in [3.8, 4) is 5.75 Å². The Morgan fingerprint density at radius 3 is 2.91 bits per heavy atom. The van der Waals surface area contributed by atoms with Crippen molar-refractivity contribution in [1.29, 1.82) is 0 Å². The van der Waals surface area contributed by atoms with Crippen LogP contribution in [-0.4, -0.2) is 45.6 Å². The number of carbonyl (C=O) groups is 1. The van der Waals surface area contributed by atoms with Crippen molar-refractivity contribution in [2.24, 2.45) is 16.6 Å². The molecule has 4 heterocycles. The number of nitrogens with one attached hydrogen (secondary N) is 1. The Labute approximate surface area is 191 Å². The highest BCUT2D eigenvalue weighted by atomic mass is 32.2. The van der Waals surface area contributed by atoms with Crippen molar-refractivity contribution in [2.45, 2.75) is 43.4 Å². The van der Waals surface area contributed by atoms with Crippen LogP contribution in [0.1, 0.15) is 41.2 Å². The molecular formula is C20H21F2N5O3S2. The van der Waals surface area contributed by atoms with Gasteiger partial charge in [0.25, 0.3) is 5.91 Å². The molecule has 0 bridgehead atoms. The molecule has 5 rings (SSSR count). The molecule has 2 aromatic rings. The number of thioether (sulfide) groups is 1. The molecule has 3 aliphatic rings. The molecule has 1 amide bonds. The third-order valence-electron chi connectivity index (χ3n) is 6.21. The smallest absolute Gasteiger partial charge is 0.387 e. The summed E-state index contributed by atoms with van der Waals surface area (Å²) in [5.41, 5.74) is 5.47. The van der Waals surface area contributed by atoms with Crippen molar-refractivity contribution < 1.29 is 23.0 Å². The second-order valence-electron chi connectivity index (χ2n) is 8.16. The fourth-order valence-electron chi connectivity index (χ4n) is 4.39. The van der Waals surface area contributed by atoms with Crippen LogP contribution in [0, 0.1) is 5.92 Å². The molecule has 2 fully saturated rings. The second-order valence-corrected chi connectivity index (χ2v) is 10.1. The van der Waals surface area contributed by atoms with Gasteiger partial charge < -0.3 is 20.5 Å². The highest BCUT2D eigenvalue weighted by molar-refractivity contribution is 8.13. The van der Waals surface area contributed by atoms with Crippen LogP contribution >= 0.6 is 23.1 Å². The summed E-state index contributed by atoms with van der Waals surface area (Å²) in [6.45, 7) is -2.53. The molecule has 1 saturated carbocycles. The van der Waals surface area contributed by atoms with Gasteiger partial charge in [-0.1, -0.05) is 11.8 Å². The maximum absolute atomic E-state index is 12.5. The second kappa shape index (κ2) is 8.23. The number of nitrogens with zero attached hydrogens (tertiary/aromatic N) is 3. The normalized spacial score (nSPS) is 26.2. The molecule has 3 N–H and O–H groups in total. The van der Waals surface area contributed by atoms with Crippen LogP contribution in [-0.2, 0) is 10.3 Å². The Kier molecular flexibility index (Phi) is 5.54. The monoisotopic (exact) mass is 481 g/mol. The fraction of sp³-hybridized carbons (Fsp3) is 0.500. The number of rotatable bonds is 5. The minimum Gasteiger partial charge on any atom is -0.433 e. The third kappa shape index (κ3) is 3.95. The van der Waals surface area contributed by atoms with E-state index in [9.17, 15) is 13.6 Å². The van der Waals surface area contributed by atoms with Gasteiger partial charge in [-0.25, -0.2) is 15.0 Å². The average molecular weight is 482 g/mol. The van der Waals surface area contributed by atoms with Crippen molar-refractivity contribution in [1.82, 2.24) is 9.97 Å². The lowest BCUT2D eigenvalue weighted by Gasteiger charge is -2.53. The largest absolute Gasteiger partial charge is 0.433 e. The van der Waals surface area contributed by atoms with Gasteiger partial charge in [-0.3, -0.25) is 4.79 Å². The van der Waals surface area contributed by atoms with E-state index in [1.54, 1.807) is 17.1 Å². The number of hydrogen-bond acceptors (Lipinski definition) is 9. The summed E-state index contributed by atoms with van der Waals surface area (Å²) >= 11 is 2.97. The van der Waals surface area contributed by atoms with E-state index in [1.807, 2.05) is 0 Å². The SMILES string of the molecule is NC1=NC2(c3nc(NC(=O)c4ccc(OC(F)F)cn4)cs3)COC3(CCC3)C[C@@H]2CS1. The molecular weight excluding hydrogens is 460 g/mol. The van der Waals surface area contributed by atoms with Gasteiger partial charge in [0.15, 0.2) is 5.17 Å². The lowest BCUT2D eigenvalue weighted by atomic mass is 9.67. The number of amides is 1. The third-order valence-corrected chi connectivity index (χ3v) is 8.17. The Balaban J connectivity index is 1.33. The Bertz CT molecular complexity index is 1040. The number of ether oxygens (including phenoxy) is 2. The number of nitrogens with two attached hydrogens (primary N) is 1. The van der Waals surface area contributed by atoms with Crippen LogP contribution in [0.2, 0.25) is 0 Å². The van der Waals surface area contributed by atoms with E-state index in [-0.39, 0.29) is 23.0 Å². The van der Waals surface area contributed by atoms with Gasteiger partial charge in [-0.05, 0) is 37.8 Å². The first-order valence-corrected chi connectivity index (χ1v) is 12.0.